The van der Waals surface area contributed by atoms with Crippen LogP contribution in [-0.2, 0) is 0 Å². The second-order valence-electron chi connectivity index (χ2n) is 4.06. The van der Waals surface area contributed by atoms with Gasteiger partial charge in [-0.3, -0.25) is 0 Å². The van der Waals surface area contributed by atoms with Gasteiger partial charge >= 0.3 is 7.94 Å². The molecule has 13 heavy (non-hydrogen) atoms. The van der Waals surface area contributed by atoms with Crippen molar-refractivity contribution in [2.24, 2.45) is 4.99 Å². The minimum Gasteiger partial charge on any atom is -0.230 e. The Morgan fingerprint density at radius 3 is 1.77 bits per heavy atom. The summed E-state index contributed by atoms with van der Waals surface area (Å²) in [7, 11) is -3.94. The quantitative estimate of drug-likeness (QED) is 0.588. The molecule has 76 valence electrons. The van der Waals surface area contributed by atoms with Crippen LogP contribution in [0.2, 0.25) is 0 Å². The highest BCUT2D eigenvalue weighted by Crippen LogP contribution is 2.59. The first kappa shape index (κ1) is 11.4. The van der Waals surface area contributed by atoms with Crippen LogP contribution < -0.4 is 0 Å². The average molecular weight is 224 g/mol. The van der Waals surface area contributed by atoms with Crippen molar-refractivity contribution in [1.29, 1.82) is 0 Å². The van der Waals surface area contributed by atoms with Crippen LogP contribution in [0.25, 0.3) is 0 Å². The highest BCUT2D eigenvalue weighted by molar-refractivity contribution is 8.04. The zero-order valence-electron chi connectivity index (χ0n) is 8.14. The molecule has 0 amide bonds. The molecule has 0 saturated heterocycles. The molecule has 4 nitrogen and oxygen atoms in total. The van der Waals surface area contributed by atoms with Crippen molar-refractivity contribution in [3.63, 3.8) is 0 Å². The molecule has 1 rings (SSSR count). The molecule has 0 aliphatic carbocycles. The van der Waals surface area contributed by atoms with Crippen molar-refractivity contribution >= 4 is 25.2 Å². The Hall–Kier alpha value is 0.330. The third kappa shape index (κ3) is 2.42. The van der Waals surface area contributed by atoms with Crippen LogP contribution in [0.15, 0.2) is 4.99 Å². The highest BCUT2D eigenvalue weighted by Gasteiger charge is 2.56. The van der Waals surface area contributed by atoms with Gasteiger partial charge in [0.2, 0.25) is 0 Å². The average Bonchev–Trinajstić information content (AvgIpc) is 1.97. The number of hydrogen-bond acceptors (Lipinski definition) is 5. The van der Waals surface area contributed by atoms with Crippen molar-refractivity contribution in [1.82, 2.24) is 0 Å². The van der Waals surface area contributed by atoms with Gasteiger partial charge in [0.25, 0.3) is 5.45 Å². The molecule has 0 aromatic rings. The fourth-order valence-electron chi connectivity index (χ4n) is 1.51. The predicted molar refractivity (Wildman–Crippen MR) is 56.8 cm³/mol. The molecule has 1 aliphatic heterocycles. The summed E-state index contributed by atoms with van der Waals surface area (Å²) in [5.74, 6) is 0. The van der Waals surface area contributed by atoms with E-state index in [0.29, 0.717) is 0 Å². The molecule has 3 N–H and O–H groups in total. The molecule has 0 spiro atoms. The molecule has 0 bridgehead atoms. The molecular formula is C7H15NO3PS+. The van der Waals surface area contributed by atoms with E-state index in [1.54, 1.807) is 0 Å². The number of aliphatic imine (C=N–C) groups is 1. The summed E-state index contributed by atoms with van der Waals surface area (Å²) in [6.45, 7) is 7.40. The summed E-state index contributed by atoms with van der Waals surface area (Å²) in [6.07, 6.45) is 0. The summed E-state index contributed by atoms with van der Waals surface area (Å²) < 4.78 is -0.504. The van der Waals surface area contributed by atoms with E-state index in [1.165, 1.54) is 11.8 Å². The van der Waals surface area contributed by atoms with E-state index in [4.69, 9.17) is 14.7 Å². The Kier molecular flexibility index (Phi) is 2.55. The van der Waals surface area contributed by atoms with Gasteiger partial charge in [-0.15, -0.1) is 11.8 Å². The largest absolute Gasteiger partial charge is 0.457 e. The molecule has 0 saturated carbocycles. The summed E-state index contributed by atoms with van der Waals surface area (Å²) >= 11 is 1.50. The second-order valence-corrected chi connectivity index (χ2v) is 7.85. The van der Waals surface area contributed by atoms with Gasteiger partial charge < -0.3 is 0 Å². The standard InChI is InChI=1S/C7H15NO3PS/c1-6(2)5(12(9,10)11)8-7(3,4)13-6/h9-11H,1-4H3/q+1. The first-order valence-electron chi connectivity index (χ1n) is 3.93. The predicted octanol–water partition coefficient (Wildman–Crippen LogP) is 1.39. The van der Waals surface area contributed by atoms with Crippen molar-refractivity contribution in [2.75, 3.05) is 0 Å². The van der Waals surface area contributed by atoms with Crippen molar-refractivity contribution in [3.05, 3.63) is 0 Å². The molecule has 1 heterocycles. The monoisotopic (exact) mass is 224 g/mol. The molecule has 0 unspecified atom stereocenters. The Labute approximate surface area is 82.7 Å². The molecule has 0 atom stereocenters. The number of nitrogens with zero attached hydrogens (tertiary/aromatic N) is 1. The van der Waals surface area contributed by atoms with Crippen LogP contribution in [0, 0.1) is 0 Å². The van der Waals surface area contributed by atoms with E-state index >= 15 is 0 Å². The fraction of sp³-hybridized carbons (Fsp3) is 0.857. The van der Waals surface area contributed by atoms with Gasteiger partial charge in [0.15, 0.2) is 0 Å². The van der Waals surface area contributed by atoms with Crippen LogP contribution in [0.3, 0.4) is 0 Å². The maximum absolute atomic E-state index is 9.16. The summed E-state index contributed by atoms with van der Waals surface area (Å²) in [4.78, 5) is 31.2. The molecule has 0 fully saturated rings. The van der Waals surface area contributed by atoms with Gasteiger partial charge in [-0.2, -0.15) is 14.7 Å². The normalized spacial score (nSPS) is 25.9. The van der Waals surface area contributed by atoms with Crippen LogP contribution in [0.4, 0.5) is 0 Å². The topological polar surface area (TPSA) is 73.1 Å². The van der Waals surface area contributed by atoms with Gasteiger partial charge in [0.05, 0.1) is 4.75 Å². The molecule has 1 aliphatic rings. The Morgan fingerprint density at radius 2 is 1.62 bits per heavy atom. The van der Waals surface area contributed by atoms with Crippen LogP contribution in [0.5, 0.6) is 0 Å². The lowest BCUT2D eigenvalue weighted by molar-refractivity contribution is 0.349. The van der Waals surface area contributed by atoms with Gasteiger partial charge in [-0.25, -0.2) is 4.99 Å². The Balaban J connectivity index is 3.08. The SMILES string of the molecule is CC1(C)N=C([P+](O)(O)O)C(C)(C)S1. The lowest BCUT2D eigenvalue weighted by Crippen LogP contribution is -2.26. The van der Waals surface area contributed by atoms with Crippen molar-refractivity contribution in [3.8, 4) is 0 Å². The van der Waals surface area contributed by atoms with E-state index in [9.17, 15) is 0 Å². The Morgan fingerprint density at radius 1 is 1.15 bits per heavy atom. The minimum absolute atomic E-state index is 0.120. The van der Waals surface area contributed by atoms with Crippen LogP contribution >= 0.6 is 19.7 Å². The third-order valence-corrected chi connectivity index (χ3v) is 4.38. The Bertz CT molecular complexity index is 257. The smallest absolute Gasteiger partial charge is 0.230 e. The summed E-state index contributed by atoms with van der Waals surface area (Å²) in [5.41, 5.74) is 0.120. The third-order valence-electron chi connectivity index (χ3n) is 1.70. The zero-order valence-corrected chi connectivity index (χ0v) is 9.86. The first-order valence-corrected chi connectivity index (χ1v) is 6.39. The molecule has 6 heteroatoms. The van der Waals surface area contributed by atoms with Gasteiger partial charge in [-0.1, -0.05) is 0 Å². The minimum atomic E-state index is -3.94. The van der Waals surface area contributed by atoms with E-state index in [-0.39, 0.29) is 5.45 Å². The maximum Gasteiger partial charge on any atom is 0.457 e. The van der Waals surface area contributed by atoms with Gasteiger partial charge in [0, 0.05) is 0 Å². The van der Waals surface area contributed by atoms with Gasteiger partial charge in [0.1, 0.15) is 4.87 Å². The van der Waals surface area contributed by atoms with Crippen molar-refractivity contribution < 1.29 is 14.7 Å². The fourth-order valence-corrected chi connectivity index (χ4v) is 4.71. The van der Waals surface area contributed by atoms with Crippen LogP contribution in [-0.4, -0.2) is 29.8 Å². The van der Waals surface area contributed by atoms with Crippen LogP contribution in [0.1, 0.15) is 27.7 Å². The first-order chi connectivity index (χ1) is 5.55. The van der Waals surface area contributed by atoms with E-state index < -0.39 is 17.6 Å². The molecule has 0 radical (unpaired) electrons. The highest BCUT2D eigenvalue weighted by atomic mass is 32.2. The zero-order chi connectivity index (χ0) is 10.5. The van der Waals surface area contributed by atoms with Gasteiger partial charge in [-0.05, 0) is 27.7 Å². The molecular weight excluding hydrogens is 209 g/mol. The lowest BCUT2D eigenvalue weighted by Gasteiger charge is -2.20. The van der Waals surface area contributed by atoms with E-state index in [1.807, 2.05) is 27.7 Å². The second kappa shape index (κ2) is 2.91. The molecule has 0 aromatic heterocycles. The van der Waals surface area contributed by atoms with Crippen molar-refractivity contribution in [2.45, 2.75) is 37.3 Å². The number of thioether (sulfide) groups is 1. The number of rotatable bonds is 1. The number of hydrogen-bond donors (Lipinski definition) is 3. The molecule has 0 aromatic carbocycles. The van der Waals surface area contributed by atoms with E-state index in [2.05, 4.69) is 4.99 Å². The maximum atomic E-state index is 9.16. The lowest BCUT2D eigenvalue weighted by atomic mass is 10.2. The summed E-state index contributed by atoms with van der Waals surface area (Å²) in [5, 5.41) is 0. The summed E-state index contributed by atoms with van der Waals surface area (Å²) in [6, 6.07) is 0. The van der Waals surface area contributed by atoms with E-state index in [0.717, 1.165) is 0 Å².